The summed E-state index contributed by atoms with van der Waals surface area (Å²) in [6.45, 7) is 0. The van der Waals surface area contributed by atoms with Crippen LogP contribution in [0.2, 0.25) is 0 Å². The molecule has 0 unspecified atom stereocenters. The molecule has 10 aromatic rings. The molecule has 1 aromatic heterocycles. The van der Waals surface area contributed by atoms with E-state index >= 15 is 0 Å². The maximum atomic E-state index is 9.52. The molecule has 238 valence electrons. The summed E-state index contributed by atoms with van der Waals surface area (Å²) in [5.41, 5.74) is 3.68. The average Bonchev–Trinajstić information content (AvgIpc) is 3.70. The molecule has 0 amide bonds. The molecule has 0 atom stereocenters. The first-order valence-corrected chi connectivity index (χ1v) is 16.5. The normalized spacial score (nSPS) is 15.1. The monoisotopic (exact) mass is 661 g/mol. The van der Waals surface area contributed by atoms with Gasteiger partial charge in [0, 0.05) is 10.8 Å². The van der Waals surface area contributed by atoms with Crippen molar-refractivity contribution in [2.24, 2.45) is 0 Å². The van der Waals surface area contributed by atoms with Gasteiger partial charge in [-0.15, -0.1) is 0 Å². The summed E-state index contributed by atoms with van der Waals surface area (Å²) in [5.74, 6) is 0. The van der Waals surface area contributed by atoms with Crippen molar-refractivity contribution in [3.05, 3.63) is 194 Å². The van der Waals surface area contributed by atoms with E-state index in [4.69, 9.17) is 14.0 Å². The second-order valence-electron chi connectivity index (χ2n) is 12.2. The van der Waals surface area contributed by atoms with Gasteiger partial charge in [0.05, 0.1) is 17.8 Å². The Balaban J connectivity index is 1.31. The fourth-order valence-corrected chi connectivity index (χ4v) is 7.16. The second-order valence-corrected chi connectivity index (χ2v) is 12.2. The van der Waals surface area contributed by atoms with Crippen LogP contribution in [0.4, 0.5) is 0 Å². The van der Waals surface area contributed by atoms with E-state index in [1.54, 1.807) is 0 Å². The molecule has 1 nitrogen and oxygen atoms in total. The van der Waals surface area contributed by atoms with Crippen molar-refractivity contribution in [3.8, 4) is 55.6 Å². The van der Waals surface area contributed by atoms with E-state index in [-0.39, 0.29) is 11.1 Å². The zero-order valence-corrected chi connectivity index (χ0v) is 26.9. The molecule has 0 aliphatic rings. The lowest BCUT2D eigenvalue weighted by Gasteiger charge is -2.20. The van der Waals surface area contributed by atoms with Gasteiger partial charge in [0.1, 0.15) is 11.2 Å². The number of fused-ring (bicyclic) bond motifs is 5. The van der Waals surface area contributed by atoms with Gasteiger partial charge in [-0.1, -0.05) is 176 Å². The van der Waals surface area contributed by atoms with Gasteiger partial charge in [0.15, 0.2) is 0 Å². The van der Waals surface area contributed by atoms with Crippen molar-refractivity contribution < 1.29 is 22.2 Å². The molecule has 0 saturated carbocycles. The molecule has 0 N–H and O–H groups in total. The van der Waals surface area contributed by atoms with Gasteiger partial charge >= 0.3 is 0 Å². The molecule has 0 aliphatic carbocycles. The Morgan fingerprint density at radius 2 is 0.902 bits per heavy atom. The van der Waals surface area contributed by atoms with Crippen LogP contribution in [0.3, 0.4) is 0 Å². The molecule has 0 fully saturated rings. The maximum Gasteiger partial charge on any atom is 0.136 e. The Morgan fingerprint density at radius 3 is 1.59 bits per heavy atom. The zero-order chi connectivity index (χ0) is 45.0. The first-order chi connectivity index (χ1) is 30.7. The summed E-state index contributed by atoms with van der Waals surface area (Å²) in [4.78, 5) is 0. The van der Waals surface area contributed by atoms with Crippen LogP contribution < -0.4 is 0 Å². The fraction of sp³-hybridized carbons (Fsp3) is 0. The van der Waals surface area contributed by atoms with Crippen molar-refractivity contribution in [2.45, 2.75) is 0 Å². The Labute approximate surface area is 315 Å². The number of furan rings is 1. The summed E-state index contributed by atoms with van der Waals surface area (Å²) in [6, 6.07) is 28.3. The van der Waals surface area contributed by atoms with E-state index < -0.39 is 95.2 Å². The first kappa shape index (κ1) is 18.9. The summed E-state index contributed by atoms with van der Waals surface area (Å²) in [5, 5.41) is 4.41. The van der Waals surface area contributed by atoms with Gasteiger partial charge in [-0.3, -0.25) is 0 Å². The molecule has 0 spiro atoms. The lowest BCUT2D eigenvalue weighted by atomic mass is 9.83. The van der Waals surface area contributed by atoms with E-state index in [1.807, 2.05) is 97.1 Å². The van der Waals surface area contributed by atoms with Gasteiger partial charge in [0.25, 0.3) is 0 Å². The van der Waals surface area contributed by atoms with E-state index in [2.05, 4.69) is 18.2 Å². The molecule has 1 heterocycles. The van der Waals surface area contributed by atoms with Crippen molar-refractivity contribution in [3.63, 3.8) is 0 Å². The first-order valence-electron chi connectivity index (χ1n) is 23.0. The van der Waals surface area contributed by atoms with Crippen LogP contribution in [0, 0.1) is 0 Å². The van der Waals surface area contributed by atoms with Crippen LogP contribution in [0.25, 0.3) is 99.1 Å². The number of hydrogen-bond acceptors (Lipinski definition) is 1. The van der Waals surface area contributed by atoms with Crippen LogP contribution in [0.1, 0.15) is 17.8 Å². The Bertz CT molecular complexity index is 3540. The van der Waals surface area contributed by atoms with Gasteiger partial charge in [-0.25, -0.2) is 0 Å². The van der Waals surface area contributed by atoms with Gasteiger partial charge in [-0.2, -0.15) is 0 Å². The Hall–Kier alpha value is -6.70. The minimum absolute atomic E-state index is 0.0548. The third kappa shape index (κ3) is 4.86. The highest BCUT2D eigenvalue weighted by molar-refractivity contribution is 6.26. The Morgan fingerprint density at radius 1 is 0.333 bits per heavy atom. The van der Waals surface area contributed by atoms with Crippen molar-refractivity contribution >= 4 is 43.5 Å². The molecule has 0 aliphatic heterocycles. The molecule has 9 aromatic carbocycles. The molecular formula is C50H32O. The molecule has 10 rings (SSSR count). The molecule has 51 heavy (non-hydrogen) atoms. The van der Waals surface area contributed by atoms with Crippen molar-refractivity contribution in [1.29, 1.82) is 0 Å². The lowest BCUT2D eigenvalue weighted by molar-refractivity contribution is 0.669. The summed E-state index contributed by atoms with van der Waals surface area (Å²) >= 11 is 0. The average molecular weight is 662 g/mol. The molecule has 1 heteroatoms. The molecule has 0 radical (unpaired) electrons. The van der Waals surface area contributed by atoms with Crippen molar-refractivity contribution in [1.82, 2.24) is 0 Å². The van der Waals surface area contributed by atoms with E-state index in [0.717, 1.165) is 43.8 Å². The standard InChI is InChI=1S/C50H32O/c1-3-14-33(15-4-1)35-26-28-36(29-27-35)38-18-7-8-19-39(38)48-40-20-9-11-22-42(40)49(43-23-12-10-21-41(43)48)44-24-13-25-47-50(44)45-32-37(30-31-46(45)51-47)34-16-5-2-6-17-34/h1-32H/i1D,3D,4D,7D,8D,14D,15D,18D,19D,26D,27D,28D,29D. The van der Waals surface area contributed by atoms with Crippen LogP contribution in [-0.4, -0.2) is 0 Å². The van der Waals surface area contributed by atoms with Crippen LogP contribution >= 0.6 is 0 Å². The Kier molecular flexibility index (Phi) is 4.45. The van der Waals surface area contributed by atoms with E-state index in [0.29, 0.717) is 27.5 Å². The molecule has 0 saturated heterocycles. The third-order valence-electron chi connectivity index (χ3n) is 9.37. The summed E-state index contributed by atoms with van der Waals surface area (Å²) in [7, 11) is 0. The van der Waals surface area contributed by atoms with E-state index in [1.165, 1.54) is 0 Å². The topological polar surface area (TPSA) is 13.1 Å². The third-order valence-corrected chi connectivity index (χ3v) is 9.37. The van der Waals surface area contributed by atoms with Gasteiger partial charge in [0.2, 0.25) is 0 Å². The molecule has 0 bridgehead atoms. The van der Waals surface area contributed by atoms with Crippen LogP contribution in [0.15, 0.2) is 198 Å². The highest BCUT2D eigenvalue weighted by Crippen LogP contribution is 2.48. The highest BCUT2D eigenvalue weighted by atomic mass is 16.3. The smallest absolute Gasteiger partial charge is 0.136 e. The maximum absolute atomic E-state index is 9.52. The van der Waals surface area contributed by atoms with Crippen LogP contribution in [0.5, 0.6) is 0 Å². The second kappa shape index (κ2) is 12.0. The number of benzene rings is 9. The highest BCUT2D eigenvalue weighted by Gasteiger charge is 2.21. The lowest BCUT2D eigenvalue weighted by Crippen LogP contribution is -1.93. The predicted molar refractivity (Wildman–Crippen MR) is 216 cm³/mol. The quantitative estimate of drug-likeness (QED) is 0.167. The fourth-order valence-electron chi connectivity index (χ4n) is 7.16. The van der Waals surface area contributed by atoms with Crippen molar-refractivity contribution in [2.75, 3.05) is 0 Å². The van der Waals surface area contributed by atoms with Gasteiger partial charge in [-0.05, 0) is 95.4 Å². The SMILES string of the molecule is [2H]c1c([2H])c([2H])c(-c2c([2H])c([2H])c(-c3c([2H])c([2H])c([2H])c([2H])c3-c3c4ccccc4c(-c4cccc5oc6ccc(-c7ccccc7)cc6c45)c4ccccc34)c([2H])c2[2H])c([2H])c1[2H]. The molecular weight excluding hydrogens is 617 g/mol. The van der Waals surface area contributed by atoms with Crippen LogP contribution in [-0.2, 0) is 0 Å². The minimum Gasteiger partial charge on any atom is -0.456 e. The summed E-state index contributed by atoms with van der Waals surface area (Å²) in [6.07, 6.45) is 0. The van der Waals surface area contributed by atoms with E-state index in [9.17, 15) is 8.22 Å². The summed E-state index contributed by atoms with van der Waals surface area (Å²) < 4.78 is 122. The number of rotatable bonds is 5. The largest absolute Gasteiger partial charge is 0.456 e. The zero-order valence-electron chi connectivity index (χ0n) is 39.9. The number of hydrogen-bond donors (Lipinski definition) is 0. The van der Waals surface area contributed by atoms with Gasteiger partial charge < -0.3 is 4.42 Å². The minimum atomic E-state index is -0.742. The predicted octanol–water partition coefficient (Wildman–Crippen LogP) is 14.2.